The number of rotatable bonds is 0. The van der Waals surface area contributed by atoms with Crippen molar-refractivity contribution in [3.05, 3.63) is 34.9 Å². The molecule has 74 valence electrons. The molecule has 0 unspecified atom stereocenters. The van der Waals surface area contributed by atoms with E-state index >= 15 is 0 Å². The number of hydrogen-bond acceptors (Lipinski definition) is 0. The van der Waals surface area contributed by atoms with Gasteiger partial charge in [-0.15, -0.1) is 5.92 Å². The zero-order valence-corrected chi connectivity index (χ0v) is 9.73. The minimum atomic E-state index is 0.225. The third-order valence-electron chi connectivity index (χ3n) is 2.35. The normalized spacial score (nSPS) is 10.6. The van der Waals surface area contributed by atoms with Crippen LogP contribution in [0.15, 0.2) is 18.2 Å². The van der Waals surface area contributed by atoms with Gasteiger partial charge in [0.2, 0.25) is 0 Å². The fourth-order valence-corrected chi connectivity index (χ4v) is 1.41. The highest BCUT2D eigenvalue weighted by molar-refractivity contribution is 5.43. The smallest absolute Gasteiger partial charge is 0.0274 e. The van der Waals surface area contributed by atoms with Crippen LogP contribution in [0.5, 0.6) is 0 Å². The van der Waals surface area contributed by atoms with Gasteiger partial charge in [-0.3, -0.25) is 0 Å². The van der Waals surface area contributed by atoms with Crippen LogP contribution in [-0.2, 0) is 5.41 Å². The second kappa shape index (κ2) is 3.88. The quantitative estimate of drug-likeness (QED) is 0.542. The molecular weight excluding hydrogens is 168 g/mol. The third kappa shape index (κ3) is 2.39. The zero-order valence-electron chi connectivity index (χ0n) is 9.73. The predicted octanol–water partition coefficient (Wildman–Crippen LogP) is 3.66. The van der Waals surface area contributed by atoms with Gasteiger partial charge in [0, 0.05) is 5.56 Å². The number of benzene rings is 1. The molecule has 0 amide bonds. The summed E-state index contributed by atoms with van der Waals surface area (Å²) in [6.45, 7) is 10.7. The largest absolute Gasteiger partial charge is 0.101 e. The minimum absolute atomic E-state index is 0.225. The summed E-state index contributed by atoms with van der Waals surface area (Å²) in [5.41, 5.74) is 4.01. The molecule has 0 nitrogen and oxygen atoms in total. The van der Waals surface area contributed by atoms with E-state index < -0.39 is 0 Å². The minimum Gasteiger partial charge on any atom is -0.101 e. The molecule has 0 aliphatic heterocycles. The third-order valence-corrected chi connectivity index (χ3v) is 2.35. The van der Waals surface area contributed by atoms with Crippen molar-refractivity contribution in [1.29, 1.82) is 0 Å². The molecule has 0 fully saturated rings. The molecule has 1 aromatic carbocycles. The summed E-state index contributed by atoms with van der Waals surface area (Å²) < 4.78 is 0. The predicted molar refractivity (Wildman–Crippen MR) is 62.4 cm³/mol. The first-order valence-electron chi connectivity index (χ1n) is 4.99. The van der Waals surface area contributed by atoms with E-state index in [9.17, 15) is 0 Å². The summed E-state index contributed by atoms with van der Waals surface area (Å²) in [6.07, 6.45) is 0. The zero-order chi connectivity index (χ0) is 10.8. The fraction of sp³-hybridized carbons (Fsp3) is 0.429. The lowest BCUT2D eigenvalue weighted by Gasteiger charge is -2.19. The Morgan fingerprint density at radius 2 is 1.79 bits per heavy atom. The van der Waals surface area contributed by atoms with Crippen LogP contribution >= 0.6 is 0 Å². The summed E-state index contributed by atoms with van der Waals surface area (Å²) in [6, 6.07) is 6.53. The Balaban J connectivity index is 3.17. The van der Waals surface area contributed by atoms with E-state index in [0.717, 1.165) is 5.56 Å². The second-order valence-corrected chi connectivity index (χ2v) is 4.65. The van der Waals surface area contributed by atoms with Gasteiger partial charge in [0.15, 0.2) is 0 Å². The SMILES string of the molecule is CC#Cc1ccc(C(C)(C)C)cc1C. The van der Waals surface area contributed by atoms with Crippen LogP contribution in [0.2, 0.25) is 0 Å². The van der Waals surface area contributed by atoms with E-state index in [1.807, 2.05) is 6.92 Å². The summed E-state index contributed by atoms with van der Waals surface area (Å²) in [7, 11) is 0. The molecule has 14 heavy (non-hydrogen) atoms. The van der Waals surface area contributed by atoms with Crippen molar-refractivity contribution in [3.63, 3.8) is 0 Å². The van der Waals surface area contributed by atoms with Gasteiger partial charge in [-0.05, 0) is 36.5 Å². The molecule has 0 aromatic heterocycles. The number of hydrogen-bond donors (Lipinski definition) is 0. The van der Waals surface area contributed by atoms with Crippen molar-refractivity contribution in [1.82, 2.24) is 0 Å². The summed E-state index contributed by atoms with van der Waals surface area (Å²) in [4.78, 5) is 0. The molecule has 0 saturated heterocycles. The monoisotopic (exact) mass is 186 g/mol. The van der Waals surface area contributed by atoms with E-state index in [2.05, 4.69) is 57.7 Å². The van der Waals surface area contributed by atoms with Crippen LogP contribution in [0.25, 0.3) is 0 Å². The standard InChI is InChI=1S/C14H18/c1-6-7-12-8-9-13(10-11(12)2)14(3,4)5/h8-10H,1-5H3. The van der Waals surface area contributed by atoms with Crippen LogP contribution in [0.3, 0.4) is 0 Å². The van der Waals surface area contributed by atoms with E-state index in [1.165, 1.54) is 11.1 Å². The molecule has 1 rings (SSSR count). The highest BCUT2D eigenvalue weighted by Crippen LogP contribution is 2.23. The first kappa shape index (κ1) is 10.9. The molecule has 0 radical (unpaired) electrons. The van der Waals surface area contributed by atoms with Gasteiger partial charge in [0.1, 0.15) is 0 Å². The number of aryl methyl sites for hydroxylation is 1. The van der Waals surface area contributed by atoms with Gasteiger partial charge >= 0.3 is 0 Å². The Morgan fingerprint density at radius 3 is 2.21 bits per heavy atom. The lowest BCUT2D eigenvalue weighted by molar-refractivity contribution is 0.589. The summed E-state index contributed by atoms with van der Waals surface area (Å²) in [5, 5.41) is 0. The molecule has 0 aliphatic carbocycles. The van der Waals surface area contributed by atoms with Crippen molar-refractivity contribution in [2.45, 2.75) is 40.0 Å². The molecule has 0 heteroatoms. The summed E-state index contributed by atoms with van der Waals surface area (Å²) in [5.74, 6) is 6.04. The van der Waals surface area contributed by atoms with Gasteiger partial charge in [-0.2, -0.15) is 0 Å². The fourth-order valence-electron chi connectivity index (χ4n) is 1.41. The van der Waals surface area contributed by atoms with Crippen molar-refractivity contribution in [2.75, 3.05) is 0 Å². The van der Waals surface area contributed by atoms with Crippen LogP contribution in [0.1, 0.15) is 44.4 Å². The Hall–Kier alpha value is -1.22. The maximum Gasteiger partial charge on any atom is 0.0274 e. The average molecular weight is 186 g/mol. The molecule has 0 saturated carbocycles. The highest BCUT2D eigenvalue weighted by atomic mass is 14.2. The van der Waals surface area contributed by atoms with Crippen molar-refractivity contribution < 1.29 is 0 Å². The average Bonchev–Trinajstić information content (AvgIpc) is 2.07. The first-order chi connectivity index (χ1) is 6.45. The molecule has 0 bridgehead atoms. The molecule has 0 heterocycles. The van der Waals surface area contributed by atoms with Gasteiger partial charge in [0.25, 0.3) is 0 Å². The Bertz CT molecular complexity index is 381. The van der Waals surface area contributed by atoms with Crippen LogP contribution in [-0.4, -0.2) is 0 Å². The maximum atomic E-state index is 3.10. The Labute approximate surface area is 87.4 Å². The van der Waals surface area contributed by atoms with Crippen molar-refractivity contribution in [2.24, 2.45) is 0 Å². The molecule has 0 spiro atoms. The van der Waals surface area contributed by atoms with E-state index in [0.29, 0.717) is 0 Å². The lowest BCUT2D eigenvalue weighted by Crippen LogP contribution is -2.11. The molecule has 0 atom stereocenters. The van der Waals surface area contributed by atoms with Gasteiger partial charge in [-0.1, -0.05) is 38.8 Å². The highest BCUT2D eigenvalue weighted by Gasteiger charge is 2.13. The van der Waals surface area contributed by atoms with Gasteiger partial charge in [0.05, 0.1) is 0 Å². The molecule has 0 aliphatic rings. The first-order valence-corrected chi connectivity index (χ1v) is 4.99. The second-order valence-electron chi connectivity index (χ2n) is 4.65. The molecule has 1 aromatic rings. The van der Waals surface area contributed by atoms with Crippen LogP contribution in [0.4, 0.5) is 0 Å². The topological polar surface area (TPSA) is 0 Å². The van der Waals surface area contributed by atoms with Crippen LogP contribution in [0, 0.1) is 18.8 Å². The summed E-state index contributed by atoms with van der Waals surface area (Å²) >= 11 is 0. The maximum absolute atomic E-state index is 3.10. The van der Waals surface area contributed by atoms with Crippen molar-refractivity contribution in [3.8, 4) is 11.8 Å². The molecule has 0 N–H and O–H groups in total. The van der Waals surface area contributed by atoms with E-state index in [4.69, 9.17) is 0 Å². The lowest BCUT2D eigenvalue weighted by atomic mass is 9.85. The van der Waals surface area contributed by atoms with Gasteiger partial charge < -0.3 is 0 Å². The van der Waals surface area contributed by atoms with Crippen LogP contribution < -0.4 is 0 Å². The van der Waals surface area contributed by atoms with Crippen molar-refractivity contribution >= 4 is 0 Å². The Kier molecular flexibility index (Phi) is 3.01. The Morgan fingerprint density at radius 1 is 1.14 bits per heavy atom. The van der Waals surface area contributed by atoms with E-state index in [-0.39, 0.29) is 5.41 Å². The van der Waals surface area contributed by atoms with Gasteiger partial charge in [-0.25, -0.2) is 0 Å². The van der Waals surface area contributed by atoms with E-state index in [1.54, 1.807) is 0 Å². The molecular formula is C14H18.